The standard InChI is InChI=1S/C20H30N4O4/c1-4-6-7-10-28-20-17(24(25)26)11-14(12-18(20)27-3)19-15-13-23(5-2)9-8-16(15)21-22-19/h11-12,15,19,22H,4-10,13H2,1-3H3. The van der Waals surface area contributed by atoms with E-state index in [-0.39, 0.29) is 23.4 Å². The van der Waals surface area contributed by atoms with Crippen LogP contribution in [0.4, 0.5) is 5.69 Å². The molecule has 28 heavy (non-hydrogen) atoms. The number of ether oxygens (including phenoxy) is 2. The minimum Gasteiger partial charge on any atom is -0.493 e. The van der Waals surface area contributed by atoms with Crippen LogP contribution in [0.1, 0.15) is 51.1 Å². The molecule has 0 aliphatic carbocycles. The number of benzene rings is 1. The number of rotatable bonds is 9. The monoisotopic (exact) mass is 390 g/mol. The molecule has 0 spiro atoms. The first-order valence-electron chi connectivity index (χ1n) is 10.1. The number of unbranched alkanes of at least 4 members (excludes halogenated alkanes) is 2. The molecule has 0 aromatic heterocycles. The van der Waals surface area contributed by atoms with E-state index in [4.69, 9.17) is 9.47 Å². The van der Waals surface area contributed by atoms with Crippen LogP contribution >= 0.6 is 0 Å². The molecule has 3 rings (SSSR count). The van der Waals surface area contributed by atoms with Crippen LogP contribution in [0.5, 0.6) is 11.5 Å². The fourth-order valence-electron chi connectivity index (χ4n) is 3.95. The van der Waals surface area contributed by atoms with Crippen LogP contribution in [0, 0.1) is 16.0 Å². The first-order chi connectivity index (χ1) is 13.6. The molecule has 1 N–H and O–H groups in total. The molecule has 2 aliphatic heterocycles. The summed E-state index contributed by atoms with van der Waals surface area (Å²) in [5.74, 6) is 0.832. The zero-order valence-electron chi connectivity index (χ0n) is 16.9. The van der Waals surface area contributed by atoms with Crippen LogP contribution in [0.3, 0.4) is 0 Å². The molecule has 1 fully saturated rings. The fraction of sp³-hybridized carbons (Fsp3) is 0.650. The molecule has 0 saturated carbocycles. The van der Waals surface area contributed by atoms with Crippen LogP contribution in [0.15, 0.2) is 17.2 Å². The number of nitro groups is 1. The molecule has 0 bridgehead atoms. The van der Waals surface area contributed by atoms with Gasteiger partial charge in [-0.25, -0.2) is 0 Å². The molecule has 154 valence electrons. The lowest BCUT2D eigenvalue weighted by atomic mass is 9.86. The highest BCUT2D eigenvalue weighted by molar-refractivity contribution is 5.90. The zero-order valence-corrected chi connectivity index (χ0v) is 16.9. The third-order valence-corrected chi connectivity index (χ3v) is 5.59. The van der Waals surface area contributed by atoms with E-state index in [2.05, 4.69) is 29.3 Å². The summed E-state index contributed by atoms with van der Waals surface area (Å²) in [4.78, 5) is 13.7. The van der Waals surface area contributed by atoms with Gasteiger partial charge < -0.3 is 19.8 Å². The molecular weight excluding hydrogens is 360 g/mol. The molecule has 0 amide bonds. The first kappa shape index (κ1) is 20.4. The summed E-state index contributed by atoms with van der Waals surface area (Å²) < 4.78 is 11.2. The Hall–Kier alpha value is -2.35. The molecule has 2 aliphatic rings. The maximum Gasteiger partial charge on any atom is 0.315 e. The van der Waals surface area contributed by atoms with Crippen LogP contribution in [0.2, 0.25) is 0 Å². The van der Waals surface area contributed by atoms with E-state index in [9.17, 15) is 10.1 Å². The van der Waals surface area contributed by atoms with E-state index in [1.807, 2.05) is 6.07 Å². The van der Waals surface area contributed by atoms with Gasteiger partial charge in [-0.15, -0.1) is 0 Å². The third-order valence-electron chi connectivity index (χ3n) is 5.59. The summed E-state index contributed by atoms with van der Waals surface area (Å²) in [5, 5.41) is 16.2. The van der Waals surface area contributed by atoms with Gasteiger partial charge in [-0.05, 0) is 24.6 Å². The maximum atomic E-state index is 11.7. The van der Waals surface area contributed by atoms with Crippen molar-refractivity contribution in [3.63, 3.8) is 0 Å². The second-order valence-electron chi connectivity index (χ2n) is 7.34. The van der Waals surface area contributed by atoms with Crippen molar-refractivity contribution in [2.75, 3.05) is 33.4 Å². The highest BCUT2D eigenvalue weighted by Crippen LogP contribution is 2.42. The normalized spacial score (nSPS) is 21.6. The summed E-state index contributed by atoms with van der Waals surface area (Å²) in [5.41, 5.74) is 5.11. The summed E-state index contributed by atoms with van der Waals surface area (Å²) >= 11 is 0. The number of piperidine rings is 1. The number of hydrogen-bond acceptors (Lipinski definition) is 7. The van der Waals surface area contributed by atoms with Gasteiger partial charge in [0.1, 0.15) is 0 Å². The van der Waals surface area contributed by atoms with Crippen molar-refractivity contribution >= 4 is 11.4 Å². The van der Waals surface area contributed by atoms with E-state index in [1.165, 1.54) is 7.11 Å². The van der Waals surface area contributed by atoms with Crippen LogP contribution in [-0.4, -0.2) is 48.9 Å². The van der Waals surface area contributed by atoms with Crippen molar-refractivity contribution in [1.29, 1.82) is 0 Å². The smallest absolute Gasteiger partial charge is 0.315 e. The number of nitrogens with zero attached hydrogens (tertiary/aromatic N) is 3. The molecule has 1 saturated heterocycles. The van der Waals surface area contributed by atoms with Crippen molar-refractivity contribution < 1.29 is 14.4 Å². The molecule has 1 aromatic rings. The van der Waals surface area contributed by atoms with Gasteiger partial charge in [0.05, 0.1) is 24.7 Å². The Morgan fingerprint density at radius 1 is 1.36 bits per heavy atom. The van der Waals surface area contributed by atoms with E-state index in [0.717, 1.165) is 56.6 Å². The number of nitro benzene ring substituents is 1. The highest BCUT2D eigenvalue weighted by Gasteiger charge is 2.38. The van der Waals surface area contributed by atoms with Gasteiger partial charge in [0.25, 0.3) is 0 Å². The Bertz CT molecular complexity index is 737. The summed E-state index contributed by atoms with van der Waals surface area (Å²) in [6.45, 7) is 7.59. The van der Waals surface area contributed by atoms with Crippen molar-refractivity contribution in [1.82, 2.24) is 10.3 Å². The molecular formula is C20H30N4O4. The second-order valence-corrected chi connectivity index (χ2v) is 7.34. The van der Waals surface area contributed by atoms with Gasteiger partial charge in [-0.2, -0.15) is 5.10 Å². The van der Waals surface area contributed by atoms with Gasteiger partial charge in [0.2, 0.25) is 5.75 Å². The van der Waals surface area contributed by atoms with Gasteiger partial charge in [-0.1, -0.05) is 26.7 Å². The van der Waals surface area contributed by atoms with E-state index in [0.29, 0.717) is 12.4 Å². The molecule has 8 nitrogen and oxygen atoms in total. The van der Waals surface area contributed by atoms with E-state index in [1.54, 1.807) is 6.07 Å². The average molecular weight is 390 g/mol. The third kappa shape index (κ3) is 4.22. The summed E-state index contributed by atoms with van der Waals surface area (Å²) in [6.07, 6.45) is 3.87. The van der Waals surface area contributed by atoms with Crippen LogP contribution in [0.25, 0.3) is 0 Å². The fourth-order valence-corrected chi connectivity index (χ4v) is 3.95. The quantitative estimate of drug-likeness (QED) is 0.394. The summed E-state index contributed by atoms with van der Waals surface area (Å²) in [7, 11) is 1.52. The minimum atomic E-state index is -0.392. The number of methoxy groups -OCH3 is 1. The Labute approximate surface area is 166 Å². The lowest BCUT2D eigenvalue weighted by Gasteiger charge is -2.32. The highest BCUT2D eigenvalue weighted by atomic mass is 16.6. The second kappa shape index (κ2) is 9.23. The van der Waals surface area contributed by atoms with Gasteiger partial charge in [-0.3, -0.25) is 10.1 Å². The SMILES string of the molecule is CCCCCOc1c(OC)cc(C2NN=C3CCN(CC)CC32)cc1[N+](=O)[O-]. The van der Waals surface area contributed by atoms with Crippen molar-refractivity contribution in [3.8, 4) is 11.5 Å². The molecule has 2 unspecified atom stereocenters. The Kier molecular flexibility index (Phi) is 6.72. The predicted octanol–water partition coefficient (Wildman–Crippen LogP) is 3.51. The lowest BCUT2D eigenvalue weighted by Crippen LogP contribution is -2.41. The van der Waals surface area contributed by atoms with E-state index < -0.39 is 4.92 Å². The number of nitrogens with one attached hydrogen (secondary N) is 1. The topological polar surface area (TPSA) is 89.2 Å². The van der Waals surface area contributed by atoms with E-state index >= 15 is 0 Å². The zero-order chi connectivity index (χ0) is 20.1. The minimum absolute atomic E-state index is 0.0516. The predicted molar refractivity (Wildman–Crippen MR) is 108 cm³/mol. The molecule has 2 heterocycles. The van der Waals surface area contributed by atoms with Gasteiger partial charge >= 0.3 is 5.69 Å². The van der Waals surface area contributed by atoms with Gasteiger partial charge in [0, 0.05) is 37.2 Å². The van der Waals surface area contributed by atoms with Crippen molar-refractivity contribution in [2.24, 2.45) is 11.0 Å². The molecule has 8 heteroatoms. The Morgan fingerprint density at radius 2 is 2.18 bits per heavy atom. The maximum absolute atomic E-state index is 11.7. The lowest BCUT2D eigenvalue weighted by molar-refractivity contribution is -0.386. The number of hydrogen-bond donors (Lipinski definition) is 1. The van der Waals surface area contributed by atoms with Gasteiger partial charge in [0.15, 0.2) is 5.75 Å². The van der Waals surface area contributed by atoms with Crippen LogP contribution < -0.4 is 14.9 Å². The van der Waals surface area contributed by atoms with Crippen LogP contribution in [-0.2, 0) is 0 Å². The van der Waals surface area contributed by atoms with Crippen molar-refractivity contribution in [2.45, 2.75) is 45.6 Å². The first-order valence-corrected chi connectivity index (χ1v) is 10.1. The summed E-state index contributed by atoms with van der Waals surface area (Å²) in [6, 6.07) is 3.37. The number of hydrazone groups is 1. The molecule has 0 radical (unpaired) electrons. The largest absolute Gasteiger partial charge is 0.493 e. The Morgan fingerprint density at radius 3 is 2.86 bits per heavy atom. The van der Waals surface area contributed by atoms with Crippen molar-refractivity contribution in [3.05, 3.63) is 27.8 Å². The Balaban J connectivity index is 1.87. The average Bonchev–Trinajstić information content (AvgIpc) is 3.13. The number of likely N-dealkylation sites (tertiary alicyclic amines) is 1. The molecule has 2 atom stereocenters. The molecule has 1 aromatic carbocycles. The number of fused-ring (bicyclic) bond motifs is 1.